The van der Waals surface area contributed by atoms with Crippen molar-refractivity contribution >= 4 is 16.9 Å². The molecule has 34 heavy (non-hydrogen) atoms. The van der Waals surface area contributed by atoms with Gasteiger partial charge < -0.3 is 19.4 Å². The molecule has 1 aromatic heterocycles. The van der Waals surface area contributed by atoms with E-state index in [0.717, 1.165) is 59.7 Å². The van der Waals surface area contributed by atoms with Gasteiger partial charge in [0.2, 0.25) is 5.91 Å². The number of hydrogen-bond donors (Lipinski definition) is 1. The van der Waals surface area contributed by atoms with Crippen LogP contribution in [0.1, 0.15) is 24.2 Å². The summed E-state index contributed by atoms with van der Waals surface area (Å²) >= 11 is 0. The van der Waals surface area contributed by atoms with Crippen LogP contribution in [0.25, 0.3) is 11.0 Å². The van der Waals surface area contributed by atoms with Crippen LogP contribution >= 0.6 is 0 Å². The summed E-state index contributed by atoms with van der Waals surface area (Å²) in [6, 6.07) is 25.7. The number of carbonyl (C=O) groups excluding carboxylic acids is 1. The molecule has 0 aliphatic rings. The summed E-state index contributed by atoms with van der Waals surface area (Å²) in [5.41, 5.74) is 3.16. The Hall–Kier alpha value is -3.80. The van der Waals surface area contributed by atoms with E-state index in [0.29, 0.717) is 19.6 Å². The molecule has 176 valence electrons. The highest BCUT2D eigenvalue weighted by molar-refractivity contribution is 5.78. The number of rotatable bonds is 12. The minimum atomic E-state index is 0.0513. The number of benzene rings is 3. The zero-order valence-electron chi connectivity index (χ0n) is 19.6. The van der Waals surface area contributed by atoms with Crippen LogP contribution in [0.15, 0.2) is 78.9 Å². The van der Waals surface area contributed by atoms with Crippen LogP contribution < -0.4 is 14.8 Å². The molecule has 0 saturated carbocycles. The van der Waals surface area contributed by atoms with Crippen molar-refractivity contribution in [1.29, 1.82) is 0 Å². The number of fused-ring (bicyclic) bond motifs is 1. The van der Waals surface area contributed by atoms with E-state index in [4.69, 9.17) is 14.5 Å². The monoisotopic (exact) mass is 457 g/mol. The fourth-order valence-electron chi connectivity index (χ4n) is 3.97. The first-order valence-corrected chi connectivity index (χ1v) is 11.7. The Balaban J connectivity index is 1.28. The minimum absolute atomic E-state index is 0.0513. The summed E-state index contributed by atoms with van der Waals surface area (Å²) in [6.07, 6.45) is 2.92. The smallest absolute Gasteiger partial charge is 0.224 e. The van der Waals surface area contributed by atoms with Crippen molar-refractivity contribution in [2.45, 2.75) is 32.2 Å². The zero-order chi connectivity index (χ0) is 23.6. The molecule has 0 atom stereocenters. The molecule has 3 aromatic carbocycles. The SMILES string of the molecule is COc1ccc(OCCCn2c(CCCNC(=O)Cc3ccccc3)nc3ccccc32)cc1. The number of para-hydroxylation sites is 2. The summed E-state index contributed by atoms with van der Waals surface area (Å²) in [7, 11) is 1.65. The van der Waals surface area contributed by atoms with Gasteiger partial charge in [-0.3, -0.25) is 4.79 Å². The van der Waals surface area contributed by atoms with Gasteiger partial charge in [-0.1, -0.05) is 42.5 Å². The van der Waals surface area contributed by atoms with E-state index in [-0.39, 0.29) is 5.91 Å². The molecule has 4 aromatic rings. The summed E-state index contributed by atoms with van der Waals surface area (Å²) in [5.74, 6) is 2.75. The summed E-state index contributed by atoms with van der Waals surface area (Å²) < 4.78 is 13.4. The molecule has 1 N–H and O–H groups in total. The first-order chi connectivity index (χ1) is 16.7. The first kappa shape index (κ1) is 23.4. The Morgan fingerprint density at radius 2 is 1.65 bits per heavy atom. The van der Waals surface area contributed by atoms with E-state index in [1.165, 1.54) is 0 Å². The highest BCUT2D eigenvalue weighted by Crippen LogP contribution is 2.19. The van der Waals surface area contributed by atoms with Gasteiger partial charge in [-0.05, 0) is 54.8 Å². The first-order valence-electron chi connectivity index (χ1n) is 11.7. The molecule has 6 nitrogen and oxygen atoms in total. The van der Waals surface area contributed by atoms with Gasteiger partial charge in [-0.2, -0.15) is 0 Å². The van der Waals surface area contributed by atoms with Crippen LogP contribution in [0.3, 0.4) is 0 Å². The van der Waals surface area contributed by atoms with Crippen molar-refractivity contribution in [2.24, 2.45) is 0 Å². The zero-order valence-corrected chi connectivity index (χ0v) is 19.6. The summed E-state index contributed by atoms with van der Waals surface area (Å²) in [6.45, 7) is 2.08. The molecule has 0 saturated heterocycles. The molecule has 4 rings (SSSR count). The van der Waals surface area contributed by atoms with Gasteiger partial charge in [0.05, 0.1) is 31.2 Å². The lowest BCUT2D eigenvalue weighted by atomic mass is 10.1. The van der Waals surface area contributed by atoms with Gasteiger partial charge in [0.15, 0.2) is 0 Å². The number of methoxy groups -OCH3 is 1. The lowest BCUT2D eigenvalue weighted by Crippen LogP contribution is -2.26. The predicted molar refractivity (Wildman–Crippen MR) is 134 cm³/mol. The van der Waals surface area contributed by atoms with Crippen LogP contribution in [0, 0.1) is 0 Å². The van der Waals surface area contributed by atoms with Crippen LogP contribution in [0.5, 0.6) is 11.5 Å². The largest absolute Gasteiger partial charge is 0.497 e. The molecule has 0 radical (unpaired) electrons. The fourth-order valence-corrected chi connectivity index (χ4v) is 3.97. The van der Waals surface area contributed by atoms with Gasteiger partial charge in [0.25, 0.3) is 0 Å². The number of aryl methyl sites for hydroxylation is 2. The molecule has 1 amide bonds. The van der Waals surface area contributed by atoms with Gasteiger partial charge in [0.1, 0.15) is 17.3 Å². The summed E-state index contributed by atoms with van der Waals surface area (Å²) in [5, 5.41) is 3.03. The number of hydrogen-bond acceptors (Lipinski definition) is 4. The molecular weight excluding hydrogens is 426 g/mol. The lowest BCUT2D eigenvalue weighted by molar-refractivity contribution is -0.120. The van der Waals surface area contributed by atoms with Gasteiger partial charge in [0, 0.05) is 19.5 Å². The topological polar surface area (TPSA) is 65.4 Å². The quantitative estimate of drug-likeness (QED) is 0.310. The maximum atomic E-state index is 12.2. The second kappa shape index (κ2) is 11.9. The van der Waals surface area contributed by atoms with E-state index in [9.17, 15) is 4.79 Å². The van der Waals surface area contributed by atoms with Gasteiger partial charge in [-0.25, -0.2) is 4.98 Å². The van der Waals surface area contributed by atoms with Gasteiger partial charge >= 0.3 is 0 Å². The Morgan fingerprint density at radius 3 is 2.44 bits per heavy atom. The summed E-state index contributed by atoms with van der Waals surface area (Å²) in [4.78, 5) is 17.1. The third-order valence-electron chi connectivity index (χ3n) is 5.69. The fraction of sp³-hybridized carbons (Fsp3) is 0.286. The minimum Gasteiger partial charge on any atom is -0.497 e. The van der Waals surface area contributed by atoms with Crippen molar-refractivity contribution < 1.29 is 14.3 Å². The highest BCUT2D eigenvalue weighted by atomic mass is 16.5. The Labute approximate surface area is 200 Å². The van der Waals surface area contributed by atoms with Crippen LogP contribution in [0.4, 0.5) is 0 Å². The maximum Gasteiger partial charge on any atom is 0.224 e. The highest BCUT2D eigenvalue weighted by Gasteiger charge is 2.11. The average molecular weight is 458 g/mol. The molecule has 0 spiro atoms. The van der Waals surface area contributed by atoms with E-state index >= 15 is 0 Å². The number of carbonyl (C=O) groups is 1. The third kappa shape index (κ3) is 6.38. The molecule has 0 bridgehead atoms. The number of nitrogens with zero attached hydrogens (tertiary/aromatic N) is 2. The molecule has 0 aliphatic heterocycles. The van der Waals surface area contributed by atoms with Crippen molar-refractivity contribution in [3.8, 4) is 11.5 Å². The van der Waals surface area contributed by atoms with E-state index < -0.39 is 0 Å². The molecule has 0 unspecified atom stereocenters. The Morgan fingerprint density at radius 1 is 0.912 bits per heavy atom. The molecule has 0 fully saturated rings. The van der Waals surface area contributed by atoms with Crippen LogP contribution in [-0.4, -0.2) is 35.7 Å². The molecule has 6 heteroatoms. The second-order valence-electron chi connectivity index (χ2n) is 8.16. The van der Waals surface area contributed by atoms with Crippen LogP contribution in [-0.2, 0) is 24.2 Å². The van der Waals surface area contributed by atoms with E-state index in [1.807, 2.05) is 72.8 Å². The number of ether oxygens (including phenoxy) is 2. The number of aromatic nitrogens is 2. The molecular formula is C28H31N3O3. The predicted octanol–water partition coefficient (Wildman–Crippen LogP) is 4.81. The van der Waals surface area contributed by atoms with Crippen molar-refractivity contribution in [3.63, 3.8) is 0 Å². The number of amides is 1. The Bertz CT molecular complexity index is 1190. The van der Waals surface area contributed by atoms with Crippen molar-refractivity contribution in [2.75, 3.05) is 20.3 Å². The van der Waals surface area contributed by atoms with Gasteiger partial charge in [-0.15, -0.1) is 0 Å². The van der Waals surface area contributed by atoms with Crippen molar-refractivity contribution in [1.82, 2.24) is 14.9 Å². The number of nitrogens with one attached hydrogen (secondary N) is 1. The second-order valence-corrected chi connectivity index (χ2v) is 8.16. The lowest BCUT2D eigenvalue weighted by Gasteiger charge is -2.11. The third-order valence-corrected chi connectivity index (χ3v) is 5.69. The molecule has 1 heterocycles. The van der Waals surface area contributed by atoms with E-state index in [2.05, 4.69) is 16.0 Å². The van der Waals surface area contributed by atoms with Crippen molar-refractivity contribution in [3.05, 3.63) is 90.3 Å². The average Bonchev–Trinajstić information content (AvgIpc) is 3.23. The Kier molecular flexibility index (Phi) is 8.17. The number of imidazole rings is 1. The maximum absolute atomic E-state index is 12.2. The van der Waals surface area contributed by atoms with E-state index in [1.54, 1.807) is 7.11 Å². The molecule has 0 aliphatic carbocycles. The van der Waals surface area contributed by atoms with Crippen LogP contribution in [0.2, 0.25) is 0 Å². The standard InChI is InChI=1S/C28H31N3O3/c1-33-23-14-16-24(17-15-23)34-20-8-19-31-26-12-6-5-11-25(26)30-27(31)13-7-18-29-28(32)21-22-9-3-2-4-10-22/h2-6,9-12,14-17H,7-8,13,18-21H2,1H3,(H,29,32). The normalized spacial score (nSPS) is 10.9.